The van der Waals surface area contributed by atoms with E-state index in [2.05, 4.69) is 16.9 Å². The molecular weight excluding hydrogens is 412 g/mol. The molecule has 2 rings (SSSR count). The third kappa shape index (κ3) is 11.0. The Morgan fingerprint density at radius 2 is 1.50 bits per heavy atom. The van der Waals surface area contributed by atoms with Gasteiger partial charge in [0.2, 0.25) is 5.88 Å². The molecule has 2 bridgehead atoms. The Balaban J connectivity index is 1.86. The molecule has 1 aliphatic heterocycles. The molecule has 0 amide bonds. The zero-order chi connectivity index (χ0) is 22.9. The number of methoxy groups -OCH3 is 1. The summed E-state index contributed by atoms with van der Waals surface area (Å²) in [5.74, 6) is 1.13. The first-order valence-electron chi connectivity index (χ1n) is 12.1. The summed E-state index contributed by atoms with van der Waals surface area (Å²) in [6.07, 6.45) is 8.71. The monoisotopic (exact) mass is 454 g/mol. The summed E-state index contributed by atoms with van der Waals surface area (Å²) in [4.78, 5) is 9.00. The minimum absolute atomic E-state index is 0.0828. The third-order valence-corrected chi connectivity index (χ3v) is 5.42. The number of hydrogen-bond acceptors (Lipinski definition) is 8. The van der Waals surface area contributed by atoms with Crippen LogP contribution in [0.4, 0.5) is 0 Å². The van der Waals surface area contributed by atoms with E-state index in [0.717, 1.165) is 24.1 Å². The van der Waals surface area contributed by atoms with E-state index in [4.69, 9.17) is 28.4 Å². The number of nitrogens with zero attached hydrogens (tertiary/aromatic N) is 2. The number of hydrogen-bond donors (Lipinski definition) is 0. The van der Waals surface area contributed by atoms with Gasteiger partial charge in [-0.15, -0.1) is 0 Å². The van der Waals surface area contributed by atoms with Gasteiger partial charge in [0.1, 0.15) is 6.61 Å². The summed E-state index contributed by atoms with van der Waals surface area (Å²) in [5.41, 5.74) is 1.68. The molecule has 184 valence electrons. The predicted octanol–water partition coefficient (Wildman–Crippen LogP) is 4.01. The standard InChI is InChI=1S/C24H42N2O6/c1-4-5-6-7-8-9-10-21-17-29-13-11-28-12-14-31-19-23-25-22(18-30-15-16-32-21)20(2)24(26-23)27-3/h21H,4-19H2,1-3H3. The lowest BCUT2D eigenvalue weighted by atomic mass is 10.1. The van der Waals surface area contributed by atoms with E-state index in [-0.39, 0.29) is 6.10 Å². The summed E-state index contributed by atoms with van der Waals surface area (Å²) in [5, 5.41) is 0. The highest BCUT2D eigenvalue weighted by molar-refractivity contribution is 5.29. The molecule has 0 saturated carbocycles. The van der Waals surface area contributed by atoms with Gasteiger partial charge >= 0.3 is 0 Å². The lowest BCUT2D eigenvalue weighted by molar-refractivity contribution is -0.0559. The Morgan fingerprint density at radius 1 is 0.812 bits per heavy atom. The van der Waals surface area contributed by atoms with Gasteiger partial charge in [-0.1, -0.05) is 45.4 Å². The fraction of sp³-hybridized carbons (Fsp3) is 0.833. The van der Waals surface area contributed by atoms with Crippen molar-refractivity contribution in [3.05, 3.63) is 17.1 Å². The maximum atomic E-state index is 6.08. The van der Waals surface area contributed by atoms with Crippen LogP contribution in [0.25, 0.3) is 0 Å². The zero-order valence-corrected chi connectivity index (χ0v) is 20.2. The number of unbranched alkanes of at least 4 members (excludes halogenated alkanes) is 5. The van der Waals surface area contributed by atoms with E-state index < -0.39 is 0 Å². The van der Waals surface area contributed by atoms with Gasteiger partial charge in [-0.05, 0) is 13.3 Å². The van der Waals surface area contributed by atoms with Crippen LogP contribution in [0.1, 0.15) is 69.0 Å². The Bertz CT molecular complexity index is 616. The maximum Gasteiger partial charge on any atom is 0.219 e. The molecule has 1 atom stereocenters. The second-order valence-corrected chi connectivity index (χ2v) is 8.06. The molecule has 1 aromatic heterocycles. The number of aromatic nitrogens is 2. The van der Waals surface area contributed by atoms with Crippen molar-refractivity contribution < 1.29 is 28.4 Å². The van der Waals surface area contributed by atoms with Crippen LogP contribution < -0.4 is 4.74 Å². The highest BCUT2D eigenvalue weighted by Crippen LogP contribution is 2.19. The van der Waals surface area contributed by atoms with Crippen molar-refractivity contribution in [2.75, 3.05) is 53.4 Å². The van der Waals surface area contributed by atoms with Crippen LogP contribution >= 0.6 is 0 Å². The van der Waals surface area contributed by atoms with E-state index in [0.29, 0.717) is 71.2 Å². The molecule has 32 heavy (non-hydrogen) atoms. The molecule has 1 unspecified atom stereocenters. The minimum atomic E-state index is 0.0828. The van der Waals surface area contributed by atoms with Crippen LogP contribution in [0.15, 0.2) is 0 Å². The van der Waals surface area contributed by atoms with Gasteiger partial charge in [0.05, 0.1) is 71.8 Å². The summed E-state index contributed by atoms with van der Waals surface area (Å²) in [6.45, 7) is 8.51. The van der Waals surface area contributed by atoms with Crippen molar-refractivity contribution in [2.45, 2.75) is 78.1 Å². The van der Waals surface area contributed by atoms with Gasteiger partial charge in [0, 0.05) is 5.56 Å². The molecule has 0 saturated heterocycles. The van der Waals surface area contributed by atoms with Crippen LogP contribution in [0.5, 0.6) is 5.88 Å². The molecule has 0 aromatic carbocycles. The van der Waals surface area contributed by atoms with Gasteiger partial charge < -0.3 is 28.4 Å². The lowest BCUT2D eigenvalue weighted by Crippen LogP contribution is -2.23. The fourth-order valence-electron chi connectivity index (χ4n) is 3.52. The molecule has 0 spiro atoms. The first-order valence-corrected chi connectivity index (χ1v) is 12.1. The maximum absolute atomic E-state index is 6.08. The van der Waals surface area contributed by atoms with E-state index in [9.17, 15) is 0 Å². The smallest absolute Gasteiger partial charge is 0.219 e. The second-order valence-electron chi connectivity index (χ2n) is 8.06. The average Bonchev–Trinajstić information content (AvgIpc) is 2.80. The van der Waals surface area contributed by atoms with Crippen molar-refractivity contribution in [1.29, 1.82) is 0 Å². The van der Waals surface area contributed by atoms with Crippen LogP contribution in [0.3, 0.4) is 0 Å². The topological polar surface area (TPSA) is 81.2 Å². The van der Waals surface area contributed by atoms with Crippen LogP contribution in [-0.2, 0) is 36.9 Å². The van der Waals surface area contributed by atoms with Crippen LogP contribution in [0.2, 0.25) is 0 Å². The van der Waals surface area contributed by atoms with E-state index in [1.807, 2.05) is 6.92 Å². The van der Waals surface area contributed by atoms with Crippen molar-refractivity contribution in [1.82, 2.24) is 9.97 Å². The third-order valence-electron chi connectivity index (χ3n) is 5.42. The molecule has 8 heteroatoms. The van der Waals surface area contributed by atoms with Gasteiger partial charge in [-0.25, -0.2) is 4.98 Å². The normalized spacial score (nSPS) is 19.8. The molecule has 0 fully saturated rings. The zero-order valence-electron chi connectivity index (χ0n) is 20.2. The second kappa shape index (κ2) is 17.2. The van der Waals surface area contributed by atoms with Crippen molar-refractivity contribution in [3.63, 3.8) is 0 Å². The first-order chi connectivity index (χ1) is 15.7. The average molecular weight is 455 g/mol. The molecule has 1 aromatic rings. The van der Waals surface area contributed by atoms with Gasteiger partial charge in [0.15, 0.2) is 5.82 Å². The SMILES string of the molecule is CCCCCCCCC1COCCOCCOCc2nc(c(C)c(OC)n2)COCCO1. The van der Waals surface area contributed by atoms with Gasteiger partial charge in [-0.2, -0.15) is 4.98 Å². The minimum Gasteiger partial charge on any atom is -0.481 e. The predicted molar refractivity (Wildman–Crippen MR) is 122 cm³/mol. The summed E-state index contributed by atoms with van der Waals surface area (Å²) >= 11 is 0. The number of rotatable bonds is 8. The van der Waals surface area contributed by atoms with Gasteiger partial charge in [-0.3, -0.25) is 0 Å². The first kappa shape index (κ1) is 26.9. The van der Waals surface area contributed by atoms with Crippen molar-refractivity contribution in [2.24, 2.45) is 0 Å². The Hall–Kier alpha value is -1.32. The Labute approximate surface area is 193 Å². The molecule has 0 radical (unpaired) electrons. The molecular formula is C24H42N2O6. The van der Waals surface area contributed by atoms with Crippen LogP contribution in [0, 0.1) is 6.92 Å². The van der Waals surface area contributed by atoms with Gasteiger partial charge in [0.25, 0.3) is 0 Å². The lowest BCUT2D eigenvalue weighted by Gasteiger charge is -2.19. The highest BCUT2D eigenvalue weighted by atomic mass is 16.6. The number of fused-ring (bicyclic) bond motifs is 2. The largest absolute Gasteiger partial charge is 0.481 e. The summed E-state index contributed by atoms with van der Waals surface area (Å²) in [7, 11) is 1.61. The Morgan fingerprint density at radius 3 is 2.31 bits per heavy atom. The van der Waals surface area contributed by atoms with E-state index in [1.165, 1.54) is 32.1 Å². The highest BCUT2D eigenvalue weighted by Gasteiger charge is 2.13. The van der Waals surface area contributed by atoms with Crippen molar-refractivity contribution >= 4 is 0 Å². The van der Waals surface area contributed by atoms with E-state index >= 15 is 0 Å². The quantitative estimate of drug-likeness (QED) is 0.545. The molecule has 1 aliphatic rings. The number of ether oxygens (including phenoxy) is 6. The molecule has 0 N–H and O–H groups in total. The van der Waals surface area contributed by atoms with Crippen LogP contribution in [-0.4, -0.2) is 69.4 Å². The molecule has 0 aliphatic carbocycles. The summed E-state index contributed by atoms with van der Waals surface area (Å²) in [6, 6.07) is 0. The molecule has 2 heterocycles. The van der Waals surface area contributed by atoms with E-state index in [1.54, 1.807) is 7.11 Å². The summed E-state index contributed by atoms with van der Waals surface area (Å²) < 4.78 is 34.4. The van der Waals surface area contributed by atoms with Crippen molar-refractivity contribution in [3.8, 4) is 5.88 Å². The fourth-order valence-corrected chi connectivity index (χ4v) is 3.52. The Kier molecular flexibility index (Phi) is 14.5. The molecule has 8 nitrogen and oxygen atoms in total.